The van der Waals surface area contributed by atoms with Crippen LogP contribution in [0.25, 0.3) is 5.95 Å². The molecule has 0 aromatic carbocycles. The Morgan fingerprint density at radius 3 is 2.20 bits per heavy atom. The minimum absolute atomic E-state index is 0.620. The van der Waals surface area contributed by atoms with Crippen molar-refractivity contribution < 1.29 is 0 Å². The van der Waals surface area contributed by atoms with E-state index in [2.05, 4.69) is 15.0 Å². The monoisotopic (exact) mass is 203 g/mol. The Labute approximate surface area is 88.0 Å². The first-order valence-electron chi connectivity index (χ1n) is 4.70. The number of nitrogens with two attached hydrogens (primary N) is 1. The van der Waals surface area contributed by atoms with Crippen molar-refractivity contribution in [1.29, 1.82) is 0 Å². The Hall–Kier alpha value is -1.91. The highest BCUT2D eigenvalue weighted by molar-refractivity contribution is 5.47. The van der Waals surface area contributed by atoms with Crippen LogP contribution >= 0.6 is 0 Å². The van der Waals surface area contributed by atoms with Gasteiger partial charge in [0.1, 0.15) is 5.82 Å². The molecule has 0 aliphatic carbocycles. The fraction of sp³-hybridized carbons (Fsp3) is 0.300. The summed E-state index contributed by atoms with van der Waals surface area (Å²) in [4.78, 5) is 12.8. The zero-order chi connectivity index (χ0) is 11.0. The van der Waals surface area contributed by atoms with E-state index in [1.807, 2.05) is 31.5 Å². The van der Waals surface area contributed by atoms with Crippen molar-refractivity contribution in [3.8, 4) is 5.95 Å². The minimum Gasteiger partial charge on any atom is -0.396 e. The Morgan fingerprint density at radius 2 is 1.73 bits per heavy atom. The molecule has 5 heteroatoms. The highest BCUT2D eigenvalue weighted by Crippen LogP contribution is 2.14. The fourth-order valence-corrected chi connectivity index (χ4v) is 1.40. The second-order valence-electron chi connectivity index (χ2n) is 3.45. The molecule has 5 nitrogen and oxygen atoms in total. The highest BCUT2D eigenvalue weighted by atomic mass is 15.2. The maximum Gasteiger partial charge on any atom is 0.235 e. The van der Waals surface area contributed by atoms with Crippen LogP contribution in [-0.2, 0) is 0 Å². The van der Waals surface area contributed by atoms with E-state index >= 15 is 0 Å². The lowest BCUT2D eigenvalue weighted by Crippen LogP contribution is -2.07. The molecular weight excluding hydrogens is 190 g/mol. The largest absolute Gasteiger partial charge is 0.396 e. The summed E-state index contributed by atoms with van der Waals surface area (Å²) in [6.45, 7) is 5.66. The van der Waals surface area contributed by atoms with Crippen LogP contribution in [0.4, 0.5) is 5.69 Å². The SMILES string of the molecule is Cc1nc(-n2ccnc2C)nc(C)c1N. The number of hydrogen-bond donors (Lipinski definition) is 1. The van der Waals surface area contributed by atoms with E-state index in [0.717, 1.165) is 17.2 Å². The number of nitrogen functional groups attached to an aromatic ring is 1. The number of aromatic nitrogens is 4. The number of imidazole rings is 1. The first-order valence-corrected chi connectivity index (χ1v) is 4.70. The van der Waals surface area contributed by atoms with Gasteiger partial charge in [0.05, 0.1) is 17.1 Å². The molecule has 0 spiro atoms. The van der Waals surface area contributed by atoms with Crippen molar-refractivity contribution in [3.05, 3.63) is 29.6 Å². The second kappa shape index (κ2) is 3.34. The van der Waals surface area contributed by atoms with Gasteiger partial charge in [-0.05, 0) is 20.8 Å². The van der Waals surface area contributed by atoms with Crippen molar-refractivity contribution >= 4 is 5.69 Å². The summed E-state index contributed by atoms with van der Waals surface area (Å²) in [7, 11) is 0. The van der Waals surface area contributed by atoms with Crippen molar-refractivity contribution in [2.24, 2.45) is 0 Å². The molecule has 2 aromatic rings. The third kappa shape index (κ3) is 1.56. The second-order valence-corrected chi connectivity index (χ2v) is 3.45. The quantitative estimate of drug-likeness (QED) is 0.755. The van der Waals surface area contributed by atoms with E-state index in [1.165, 1.54) is 0 Å². The lowest BCUT2D eigenvalue weighted by molar-refractivity contribution is 0.862. The van der Waals surface area contributed by atoms with E-state index in [9.17, 15) is 0 Å². The van der Waals surface area contributed by atoms with Gasteiger partial charge in [-0.25, -0.2) is 15.0 Å². The van der Waals surface area contributed by atoms with E-state index < -0.39 is 0 Å². The molecule has 0 radical (unpaired) electrons. The van der Waals surface area contributed by atoms with E-state index in [1.54, 1.807) is 6.20 Å². The van der Waals surface area contributed by atoms with Crippen LogP contribution in [0.15, 0.2) is 12.4 Å². The van der Waals surface area contributed by atoms with Crippen LogP contribution in [0, 0.1) is 20.8 Å². The van der Waals surface area contributed by atoms with Gasteiger partial charge in [-0.1, -0.05) is 0 Å². The molecule has 0 fully saturated rings. The van der Waals surface area contributed by atoms with Crippen LogP contribution in [0.2, 0.25) is 0 Å². The summed E-state index contributed by atoms with van der Waals surface area (Å²) in [6.07, 6.45) is 3.56. The summed E-state index contributed by atoms with van der Waals surface area (Å²) in [5.41, 5.74) is 8.04. The molecule has 15 heavy (non-hydrogen) atoms. The van der Waals surface area contributed by atoms with Crippen LogP contribution in [-0.4, -0.2) is 19.5 Å². The molecule has 0 amide bonds. The Kier molecular flexibility index (Phi) is 2.15. The van der Waals surface area contributed by atoms with Gasteiger partial charge in [-0.15, -0.1) is 0 Å². The summed E-state index contributed by atoms with van der Waals surface area (Å²) in [5, 5.41) is 0. The fourth-order valence-electron chi connectivity index (χ4n) is 1.40. The molecule has 2 heterocycles. The summed E-state index contributed by atoms with van der Waals surface area (Å²) in [5.74, 6) is 1.48. The van der Waals surface area contributed by atoms with Gasteiger partial charge in [0.15, 0.2) is 0 Å². The zero-order valence-corrected chi connectivity index (χ0v) is 9.02. The smallest absolute Gasteiger partial charge is 0.235 e. The normalized spacial score (nSPS) is 10.6. The molecule has 2 rings (SSSR count). The van der Waals surface area contributed by atoms with Gasteiger partial charge in [-0.2, -0.15) is 0 Å². The zero-order valence-electron chi connectivity index (χ0n) is 9.02. The lowest BCUT2D eigenvalue weighted by atomic mass is 10.3. The van der Waals surface area contributed by atoms with Crippen molar-refractivity contribution in [1.82, 2.24) is 19.5 Å². The molecule has 0 atom stereocenters. The van der Waals surface area contributed by atoms with Gasteiger partial charge < -0.3 is 5.73 Å². The van der Waals surface area contributed by atoms with Gasteiger partial charge in [-0.3, -0.25) is 4.57 Å². The average Bonchev–Trinajstić information content (AvgIpc) is 2.60. The number of anilines is 1. The minimum atomic E-state index is 0.620. The molecule has 0 saturated heterocycles. The summed E-state index contributed by atoms with van der Waals surface area (Å²) in [6, 6.07) is 0. The summed E-state index contributed by atoms with van der Waals surface area (Å²) < 4.78 is 1.83. The predicted octanol–water partition coefficient (Wildman–Crippen LogP) is 1.17. The molecule has 0 unspecified atom stereocenters. The Bertz CT molecular complexity index is 477. The maximum atomic E-state index is 5.79. The van der Waals surface area contributed by atoms with Gasteiger partial charge in [0.25, 0.3) is 0 Å². The standard InChI is InChI=1S/C10H13N5/c1-6-9(11)7(2)14-10(13-6)15-5-4-12-8(15)3/h4-5H,11H2,1-3H3. The van der Waals surface area contributed by atoms with E-state index in [0.29, 0.717) is 11.6 Å². The molecule has 0 saturated carbocycles. The van der Waals surface area contributed by atoms with Crippen LogP contribution < -0.4 is 5.73 Å². The Balaban J connectivity index is 2.60. The first-order chi connectivity index (χ1) is 7.09. The van der Waals surface area contributed by atoms with Crippen molar-refractivity contribution in [2.45, 2.75) is 20.8 Å². The molecule has 0 aliphatic rings. The number of aryl methyl sites for hydroxylation is 3. The maximum absolute atomic E-state index is 5.79. The van der Waals surface area contributed by atoms with E-state index in [4.69, 9.17) is 5.73 Å². The van der Waals surface area contributed by atoms with Gasteiger partial charge in [0.2, 0.25) is 5.95 Å². The van der Waals surface area contributed by atoms with Crippen LogP contribution in [0.5, 0.6) is 0 Å². The topological polar surface area (TPSA) is 69.6 Å². The summed E-state index contributed by atoms with van der Waals surface area (Å²) >= 11 is 0. The molecule has 0 aliphatic heterocycles. The predicted molar refractivity (Wildman–Crippen MR) is 57.8 cm³/mol. The van der Waals surface area contributed by atoms with Crippen molar-refractivity contribution in [2.75, 3.05) is 5.73 Å². The molecule has 0 bridgehead atoms. The first kappa shape index (κ1) is 9.64. The van der Waals surface area contributed by atoms with E-state index in [-0.39, 0.29) is 0 Å². The number of hydrogen-bond acceptors (Lipinski definition) is 4. The average molecular weight is 203 g/mol. The highest BCUT2D eigenvalue weighted by Gasteiger charge is 2.08. The molecule has 2 N–H and O–H groups in total. The molecule has 2 aromatic heterocycles. The van der Waals surface area contributed by atoms with Crippen LogP contribution in [0.1, 0.15) is 17.2 Å². The number of nitrogens with zero attached hydrogens (tertiary/aromatic N) is 4. The molecule has 78 valence electrons. The van der Waals surface area contributed by atoms with Crippen LogP contribution in [0.3, 0.4) is 0 Å². The third-order valence-electron chi connectivity index (χ3n) is 2.36. The Morgan fingerprint density at radius 1 is 1.13 bits per heavy atom. The number of rotatable bonds is 1. The lowest BCUT2D eigenvalue weighted by Gasteiger charge is -2.08. The van der Waals surface area contributed by atoms with Crippen molar-refractivity contribution in [3.63, 3.8) is 0 Å². The molecular formula is C10H13N5. The van der Waals surface area contributed by atoms with Gasteiger partial charge >= 0.3 is 0 Å². The van der Waals surface area contributed by atoms with Gasteiger partial charge in [0, 0.05) is 12.4 Å². The third-order valence-corrected chi connectivity index (χ3v) is 2.36.